The van der Waals surface area contributed by atoms with Gasteiger partial charge in [-0.05, 0) is 42.1 Å². The van der Waals surface area contributed by atoms with E-state index in [1.807, 2.05) is 18.2 Å². The molecule has 4 heteroatoms. The first-order valence-corrected chi connectivity index (χ1v) is 7.50. The maximum Gasteiger partial charge on any atom is 0.0563 e. The normalized spacial score (nSPS) is 12.6. The van der Waals surface area contributed by atoms with Crippen molar-refractivity contribution in [1.29, 1.82) is 0 Å². The Kier molecular flexibility index (Phi) is 4.51. The highest BCUT2D eigenvalue weighted by Gasteiger charge is 2.15. The van der Waals surface area contributed by atoms with Crippen LogP contribution in [0.3, 0.4) is 0 Å². The van der Waals surface area contributed by atoms with Gasteiger partial charge >= 0.3 is 0 Å². The molecule has 1 heterocycles. The maximum absolute atomic E-state index is 5.99. The van der Waals surface area contributed by atoms with Crippen molar-refractivity contribution in [2.75, 3.05) is 6.54 Å². The van der Waals surface area contributed by atoms with E-state index in [0.717, 1.165) is 5.02 Å². The lowest BCUT2D eigenvalue weighted by Gasteiger charge is -2.14. The van der Waals surface area contributed by atoms with Crippen molar-refractivity contribution >= 4 is 34.7 Å². The van der Waals surface area contributed by atoms with Crippen molar-refractivity contribution in [3.05, 3.63) is 51.2 Å². The molecule has 0 fully saturated rings. The highest BCUT2D eigenvalue weighted by molar-refractivity contribution is 7.99. The second-order valence-electron chi connectivity index (χ2n) is 3.77. The number of hydrogen-bond donors (Lipinski definition) is 1. The molecule has 2 rings (SSSR count). The smallest absolute Gasteiger partial charge is 0.0563 e. The second-order valence-corrected chi connectivity index (χ2v) is 6.43. The minimum atomic E-state index is 0.313. The van der Waals surface area contributed by atoms with Crippen LogP contribution >= 0.6 is 34.7 Å². The Morgan fingerprint density at radius 2 is 2.24 bits per heavy atom. The van der Waals surface area contributed by atoms with Gasteiger partial charge in [0.05, 0.1) is 5.25 Å². The molecule has 0 amide bonds. The zero-order valence-electron chi connectivity index (χ0n) is 9.52. The molecule has 0 spiro atoms. The third-order valence-corrected chi connectivity index (χ3v) is 5.24. The van der Waals surface area contributed by atoms with E-state index in [9.17, 15) is 0 Å². The molecule has 0 saturated carbocycles. The van der Waals surface area contributed by atoms with Crippen LogP contribution in [0.15, 0.2) is 40.6 Å². The third kappa shape index (κ3) is 3.26. The fraction of sp³-hybridized carbons (Fsp3) is 0.231. The molecule has 0 aliphatic rings. The molecule has 0 bridgehead atoms. The molecule has 17 heavy (non-hydrogen) atoms. The van der Waals surface area contributed by atoms with E-state index in [2.05, 4.69) is 24.4 Å². The van der Waals surface area contributed by atoms with E-state index in [0.29, 0.717) is 11.8 Å². The van der Waals surface area contributed by atoms with Crippen LogP contribution < -0.4 is 5.73 Å². The lowest BCUT2D eigenvalue weighted by molar-refractivity contribution is 0.952. The molecule has 0 aliphatic carbocycles. The molecule has 1 atom stereocenters. The largest absolute Gasteiger partial charge is 0.329 e. The van der Waals surface area contributed by atoms with Gasteiger partial charge in [0.2, 0.25) is 0 Å². The number of rotatable bonds is 4. The molecule has 90 valence electrons. The summed E-state index contributed by atoms with van der Waals surface area (Å²) in [5.41, 5.74) is 7.19. The van der Waals surface area contributed by atoms with Gasteiger partial charge in [-0.3, -0.25) is 0 Å². The molecule has 2 aromatic rings. The highest BCUT2D eigenvalue weighted by Crippen LogP contribution is 2.38. The number of aryl methyl sites for hydroxylation is 1. The fourth-order valence-corrected chi connectivity index (χ4v) is 4.18. The van der Waals surface area contributed by atoms with Crippen LogP contribution in [0.1, 0.15) is 15.7 Å². The number of thiophene rings is 1. The van der Waals surface area contributed by atoms with E-state index in [4.69, 9.17) is 17.3 Å². The SMILES string of the molecule is Cc1ccsc1C(CN)Sc1cccc(Cl)c1. The Bertz CT molecular complexity index is 496. The molecule has 2 N–H and O–H groups in total. The molecule has 0 aliphatic heterocycles. The first kappa shape index (κ1) is 13.0. The quantitative estimate of drug-likeness (QED) is 0.836. The highest BCUT2D eigenvalue weighted by atomic mass is 35.5. The predicted molar refractivity (Wildman–Crippen MR) is 78.2 cm³/mol. The van der Waals surface area contributed by atoms with Gasteiger partial charge in [0.1, 0.15) is 0 Å². The summed E-state index contributed by atoms with van der Waals surface area (Å²) in [5, 5.41) is 3.20. The summed E-state index contributed by atoms with van der Waals surface area (Å²) in [6, 6.07) is 10.1. The van der Waals surface area contributed by atoms with Crippen LogP contribution in [0.2, 0.25) is 5.02 Å². The van der Waals surface area contributed by atoms with E-state index in [-0.39, 0.29) is 0 Å². The Morgan fingerprint density at radius 1 is 1.41 bits per heavy atom. The van der Waals surface area contributed by atoms with Crippen molar-refractivity contribution in [3.63, 3.8) is 0 Å². The standard InChI is InChI=1S/C13H14ClNS2/c1-9-5-6-16-13(9)12(8-15)17-11-4-2-3-10(14)7-11/h2-7,12H,8,15H2,1H3. The van der Waals surface area contributed by atoms with Crippen LogP contribution in [0.4, 0.5) is 0 Å². The monoisotopic (exact) mass is 283 g/mol. The van der Waals surface area contributed by atoms with Crippen LogP contribution in [-0.2, 0) is 0 Å². The van der Waals surface area contributed by atoms with Gasteiger partial charge in [-0.2, -0.15) is 0 Å². The summed E-state index contributed by atoms with van der Waals surface area (Å²) in [4.78, 5) is 2.53. The van der Waals surface area contributed by atoms with Gasteiger partial charge in [0.15, 0.2) is 0 Å². The summed E-state index contributed by atoms with van der Waals surface area (Å²) in [5.74, 6) is 0. The second kappa shape index (κ2) is 5.91. The van der Waals surface area contributed by atoms with Gasteiger partial charge in [0.25, 0.3) is 0 Å². The summed E-state index contributed by atoms with van der Waals surface area (Å²) in [6.45, 7) is 2.77. The van der Waals surface area contributed by atoms with Crippen molar-refractivity contribution in [1.82, 2.24) is 0 Å². The Balaban J connectivity index is 2.19. The average molecular weight is 284 g/mol. The first-order chi connectivity index (χ1) is 8.20. The fourth-order valence-electron chi connectivity index (χ4n) is 1.63. The summed E-state index contributed by atoms with van der Waals surface area (Å²) in [6.07, 6.45) is 0. The number of hydrogen-bond acceptors (Lipinski definition) is 3. The minimum Gasteiger partial charge on any atom is -0.329 e. The number of thioether (sulfide) groups is 1. The van der Waals surface area contributed by atoms with E-state index >= 15 is 0 Å². The van der Waals surface area contributed by atoms with Gasteiger partial charge in [-0.15, -0.1) is 23.1 Å². The molecule has 1 unspecified atom stereocenters. The van der Waals surface area contributed by atoms with E-state index in [1.165, 1.54) is 15.3 Å². The van der Waals surface area contributed by atoms with Crippen molar-refractivity contribution in [3.8, 4) is 0 Å². The molecular formula is C13H14ClNS2. The van der Waals surface area contributed by atoms with Crippen LogP contribution in [0.5, 0.6) is 0 Å². The summed E-state index contributed by atoms with van der Waals surface area (Å²) >= 11 is 9.53. The van der Waals surface area contributed by atoms with E-state index < -0.39 is 0 Å². The van der Waals surface area contributed by atoms with E-state index in [1.54, 1.807) is 23.1 Å². The molecular weight excluding hydrogens is 270 g/mol. The summed E-state index contributed by atoms with van der Waals surface area (Å²) in [7, 11) is 0. The lowest BCUT2D eigenvalue weighted by atomic mass is 10.2. The molecule has 1 aromatic carbocycles. The van der Waals surface area contributed by atoms with Crippen molar-refractivity contribution in [2.24, 2.45) is 5.73 Å². The molecule has 1 nitrogen and oxygen atoms in total. The topological polar surface area (TPSA) is 26.0 Å². The van der Waals surface area contributed by atoms with Gasteiger partial charge in [0, 0.05) is 21.3 Å². The number of nitrogens with two attached hydrogens (primary N) is 1. The van der Waals surface area contributed by atoms with Crippen LogP contribution in [0, 0.1) is 6.92 Å². The van der Waals surface area contributed by atoms with Crippen molar-refractivity contribution < 1.29 is 0 Å². The molecule has 0 radical (unpaired) electrons. The zero-order valence-corrected chi connectivity index (χ0v) is 11.9. The van der Waals surface area contributed by atoms with Gasteiger partial charge in [-0.1, -0.05) is 17.7 Å². The first-order valence-electron chi connectivity index (χ1n) is 5.37. The van der Waals surface area contributed by atoms with Crippen LogP contribution in [-0.4, -0.2) is 6.54 Å². The number of benzene rings is 1. The van der Waals surface area contributed by atoms with Gasteiger partial charge in [-0.25, -0.2) is 0 Å². The molecule has 1 aromatic heterocycles. The number of halogens is 1. The Labute approximate surface area is 115 Å². The van der Waals surface area contributed by atoms with Gasteiger partial charge < -0.3 is 5.73 Å². The lowest BCUT2D eigenvalue weighted by Crippen LogP contribution is -2.08. The van der Waals surface area contributed by atoms with Crippen molar-refractivity contribution in [2.45, 2.75) is 17.1 Å². The average Bonchev–Trinajstić information content (AvgIpc) is 2.72. The predicted octanol–water partition coefficient (Wildman–Crippen LogP) is 4.50. The summed E-state index contributed by atoms with van der Waals surface area (Å²) < 4.78 is 0. The third-order valence-electron chi connectivity index (χ3n) is 2.48. The Hall–Kier alpha value is -0.480. The minimum absolute atomic E-state index is 0.313. The maximum atomic E-state index is 5.99. The van der Waals surface area contributed by atoms with Crippen LogP contribution in [0.25, 0.3) is 0 Å². The molecule has 0 saturated heterocycles. The Morgan fingerprint density at radius 3 is 2.82 bits per heavy atom. The zero-order chi connectivity index (χ0) is 12.3.